The second kappa shape index (κ2) is 5.70. The Morgan fingerprint density at radius 3 is 2.55 bits per heavy atom. The number of hydrogen-bond acceptors (Lipinski definition) is 0. The quantitative estimate of drug-likeness (QED) is 0.476. The molecule has 1 rings (SSSR count). The second-order valence-corrected chi connectivity index (χ2v) is 14.1. The van der Waals surface area contributed by atoms with Gasteiger partial charge in [-0.2, -0.15) is 0 Å². The van der Waals surface area contributed by atoms with Gasteiger partial charge in [-0.1, -0.05) is 0 Å². The molecule has 0 amide bonds. The minimum absolute atomic E-state index is 0.653. The van der Waals surface area contributed by atoms with Gasteiger partial charge in [-0.05, 0) is 0 Å². The van der Waals surface area contributed by atoms with E-state index in [0.717, 1.165) is 0 Å². The predicted molar refractivity (Wildman–Crippen MR) is 53.5 cm³/mol. The number of hydrogen-bond donors (Lipinski definition) is 0. The van der Waals surface area contributed by atoms with Crippen LogP contribution in [0.5, 0.6) is 0 Å². The summed E-state index contributed by atoms with van der Waals surface area (Å²) in [7, 11) is 0. The van der Waals surface area contributed by atoms with Crippen molar-refractivity contribution in [1.82, 2.24) is 0 Å². The molecular weight excluding hydrogens is 362 g/mol. The molecule has 0 saturated carbocycles. The molecule has 0 saturated heterocycles. The first-order valence-corrected chi connectivity index (χ1v) is 11.5. The Kier molecular flexibility index (Phi) is 5.28. The van der Waals surface area contributed by atoms with Crippen LogP contribution in [-0.2, 0) is 12.7 Å². The molecular formula is C8H11Br2Pd. The van der Waals surface area contributed by atoms with Crippen LogP contribution < -0.4 is 0 Å². The minimum atomic E-state index is -0.653. The molecule has 0 atom stereocenters. The fourth-order valence-electron chi connectivity index (χ4n) is 0.986. The van der Waals surface area contributed by atoms with E-state index in [2.05, 4.69) is 45.1 Å². The van der Waals surface area contributed by atoms with Crippen LogP contribution in [0.15, 0.2) is 22.3 Å². The summed E-state index contributed by atoms with van der Waals surface area (Å²) in [5, 5.41) is 0. The van der Waals surface area contributed by atoms with Crippen molar-refractivity contribution in [3.05, 3.63) is 22.3 Å². The van der Waals surface area contributed by atoms with E-state index < -0.39 is 12.7 Å². The molecule has 0 aromatic rings. The van der Waals surface area contributed by atoms with E-state index in [4.69, 9.17) is 0 Å². The third-order valence-electron chi connectivity index (χ3n) is 1.54. The first-order chi connectivity index (χ1) is 5.30. The van der Waals surface area contributed by atoms with Gasteiger partial charge in [0.1, 0.15) is 0 Å². The van der Waals surface area contributed by atoms with Gasteiger partial charge in [0.25, 0.3) is 0 Å². The molecule has 3 heteroatoms. The van der Waals surface area contributed by atoms with Gasteiger partial charge in [0.2, 0.25) is 0 Å². The van der Waals surface area contributed by atoms with E-state index in [-0.39, 0.29) is 0 Å². The summed E-state index contributed by atoms with van der Waals surface area (Å²) in [6.07, 6.45) is 11.8. The molecule has 0 unspecified atom stereocenters. The summed E-state index contributed by atoms with van der Waals surface area (Å²) < 4.78 is 1.60. The van der Waals surface area contributed by atoms with Crippen molar-refractivity contribution in [3.63, 3.8) is 0 Å². The van der Waals surface area contributed by atoms with Crippen LogP contribution in [0.1, 0.15) is 25.7 Å². The first-order valence-electron chi connectivity index (χ1n) is 3.60. The van der Waals surface area contributed by atoms with E-state index in [1.54, 1.807) is 4.05 Å². The van der Waals surface area contributed by atoms with Crippen LogP contribution in [0, 0.1) is 0 Å². The maximum absolute atomic E-state index is 3.64. The van der Waals surface area contributed by atoms with Crippen molar-refractivity contribution in [2.45, 2.75) is 25.7 Å². The summed E-state index contributed by atoms with van der Waals surface area (Å²) in [5.41, 5.74) is 0. The fraction of sp³-hybridized carbons (Fsp3) is 0.500. The molecule has 1 aliphatic carbocycles. The van der Waals surface area contributed by atoms with Gasteiger partial charge in [0.15, 0.2) is 0 Å². The van der Waals surface area contributed by atoms with E-state index in [0.29, 0.717) is 0 Å². The number of halogens is 2. The first kappa shape index (κ1) is 10.2. The standard InChI is InChI=1S/C8H11.2BrH.Pd/c1-2-4-6-8-7-5-3-1;;;/h1-2,7H,3-6H2;2*1H;/q;;;+2/p-2. The Balaban J connectivity index is 2.50. The van der Waals surface area contributed by atoms with Crippen molar-refractivity contribution in [3.8, 4) is 0 Å². The molecule has 0 aromatic heterocycles. The number of rotatable bonds is 1. The fourth-order valence-corrected chi connectivity index (χ4v) is 4.66. The van der Waals surface area contributed by atoms with Gasteiger partial charge in [-0.3, -0.25) is 0 Å². The third kappa shape index (κ3) is 4.03. The zero-order valence-corrected chi connectivity index (χ0v) is 10.9. The summed E-state index contributed by atoms with van der Waals surface area (Å²) in [6.45, 7) is 0. The Labute approximate surface area is 86.9 Å². The average Bonchev–Trinajstić information content (AvgIpc) is 1.84. The van der Waals surface area contributed by atoms with Crippen LogP contribution >= 0.6 is 26.9 Å². The van der Waals surface area contributed by atoms with Crippen molar-refractivity contribution < 1.29 is 12.7 Å². The Morgan fingerprint density at radius 1 is 1.09 bits per heavy atom. The summed E-state index contributed by atoms with van der Waals surface area (Å²) in [6, 6.07) is 0. The van der Waals surface area contributed by atoms with Crippen molar-refractivity contribution in [1.29, 1.82) is 0 Å². The maximum atomic E-state index is 3.64. The normalized spacial score (nSPS) is 20.2. The van der Waals surface area contributed by atoms with Gasteiger partial charge >= 0.3 is 87.5 Å². The molecule has 0 fully saturated rings. The predicted octanol–water partition coefficient (Wildman–Crippen LogP) is 4.24. The van der Waals surface area contributed by atoms with Crippen LogP contribution in [0.2, 0.25) is 0 Å². The molecule has 11 heavy (non-hydrogen) atoms. The molecule has 0 bridgehead atoms. The topological polar surface area (TPSA) is 0 Å². The molecule has 0 heterocycles. The SMILES string of the molecule is [Br][Pd]([Br])[C]1=CCCC=CCC1. The van der Waals surface area contributed by atoms with Gasteiger partial charge < -0.3 is 0 Å². The monoisotopic (exact) mass is 371 g/mol. The van der Waals surface area contributed by atoms with Crippen molar-refractivity contribution in [2.24, 2.45) is 0 Å². The zero-order chi connectivity index (χ0) is 8.10. The molecule has 0 nitrogen and oxygen atoms in total. The van der Waals surface area contributed by atoms with E-state index in [9.17, 15) is 0 Å². The average molecular weight is 373 g/mol. The van der Waals surface area contributed by atoms with E-state index in [1.165, 1.54) is 25.7 Å². The Hall–Kier alpha value is 1.10. The Morgan fingerprint density at radius 2 is 1.82 bits per heavy atom. The molecule has 0 aliphatic heterocycles. The zero-order valence-electron chi connectivity index (χ0n) is 6.13. The number of allylic oxidation sites excluding steroid dienone is 4. The van der Waals surface area contributed by atoms with Gasteiger partial charge in [-0.25, -0.2) is 0 Å². The van der Waals surface area contributed by atoms with Crippen molar-refractivity contribution >= 4 is 26.9 Å². The summed E-state index contributed by atoms with van der Waals surface area (Å²) in [4.78, 5) is 0. The summed E-state index contributed by atoms with van der Waals surface area (Å²) >= 11 is 6.62. The second-order valence-electron chi connectivity index (χ2n) is 2.36. The molecule has 0 aromatic carbocycles. The van der Waals surface area contributed by atoms with Crippen LogP contribution in [0.25, 0.3) is 0 Å². The van der Waals surface area contributed by atoms with Gasteiger partial charge in [0.05, 0.1) is 0 Å². The van der Waals surface area contributed by atoms with Crippen LogP contribution in [-0.4, -0.2) is 0 Å². The Bertz CT molecular complexity index is 173. The molecule has 67 valence electrons. The molecule has 1 aliphatic rings. The van der Waals surface area contributed by atoms with Crippen molar-refractivity contribution in [2.75, 3.05) is 0 Å². The molecule has 0 radical (unpaired) electrons. The van der Waals surface area contributed by atoms with Crippen LogP contribution in [0.4, 0.5) is 0 Å². The van der Waals surface area contributed by atoms with Gasteiger partial charge in [0, 0.05) is 0 Å². The van der Waals surface area contributed by atoms with E-state index in [1.807, 2.05) is 0 Å². The summed E-state index contributed by atoms with van der Waals surface area (Å²) in [5.74, 6) is 0. The molecule has 0 N–H and O–H groups in total. The third-order valence-corrected chi connectivity index (χ3v) is 6.81. The van der Waals surface area contributed by atoms with Gasteiger partial charge in [-0.15, -0.1) is 0 Å². The van der Waals surface area contributed by atoms with Crippen LogP contribution in [0.3, 0.4) is 0 Å². The molecule has 0 spiro atoms. The van der Waals surface area contributed by atoms with E-state index >= 15 is 0 Å².